The Morgan fingerprint density at radius 1 is 0.423 bits per heavy atom. The van der Waals surface area contributed by atoms with Crippen molar-refractivity contribution in [3.63, 3.8) is 0 Å². The highest BCUT2D eigenvalue weighted by Gasteiger charge is 2.42. The Labute approximate surface area is 154 Å². The zero-order chi connectivity index (χ0) is 17.1. The molecule has 0 spiro atoms. The minimum Gasteiger partial charge on any atom is -0.323 e. The van der Waals surface area contributed by atoms with E-state index in [4.69, 9.17) is 0 Å². The fraction of sp³-hybridized carbons (Fsp3) is 0.364. The first-order valence-electron chi connectivity index (χ1n) is 9.96. The predicted octanol–water partition coefficient (Wildman–Crippen LogP) is 4.35. The molecule has 2 aromatic carbocycles. The third-order valence-electron chi connectivity index (χ3n) is 6.18. The highest BCUT2D eigenvalue weighted by Crippen LogP contribution is 2.50. The zero-order valence-corrected chi connectivity index (χ0v) is 15.1. The summed E-state index contributed by atoms with van der Waals surface area (Å²) in [6.07, 6.45) is 4.94. The normalized spacial score (nSPS) is 20.9. The van der Waals surface area contributed by atoms with Gasteiger partial charge in [-0.25, -0.2) is 0 Å². The van der Waals surface area contributed by atoms with Crippen molar-refractivity contribution in [2.75, 3.05) is 45.8 Å². The molecule has 0 aliphatic carbocycles. The molecule has 0 amide bonds. The Kier molecular flexibility index (Phi) is 3.04. The van der Waals surface area contributed by atoms with Gasteiger partial charge in [0, 0.05) is 26.2 Å². The molecule has 0 N–H and O–H groups in total. The van der Waals surface area contributed by atoms with Gasteiger partial charge in [0.2, 0.25) is 0 Å². The van der Waals surface area contributed by atoms with Gasteiger partial charge in [0.15, 0.2) is 11.6 Å². The van der Waals surface area contributed by atoms with Crippen LogP contribution in [0.2, 0.25) is 0 Å². The van der Waals surface area contributed by atoms with E-state index in [1.54, 1.807) is 0 Å². The molecule has 4 aliphatic rings. The van der Waals surface area contributed by atoms with Gasteiger partial charge in [-0.3, -0.25) is 0 Å². The van der Waals surface area contributed by atoms with Crippen molar-refractivity contribution in [3.8, 4) is 0 Å². The highest BCUT2D eigenvalue weighted by atomic mass is 15.5. The van der Waals surface area contributed by atoms with Crippen LogP contribution in [-0.4, -0.2) is 26.2 Å². The third kappa shape index (κ3) is 1.84. The number of rotatable bonds is 0. The van der Waals surface area contributed by atoms with Gasteiger partial charge in [0.25, 0.3) is 0 Å². The van der Waals surface area contributed by atoms with Crippen LogP contribution in [0.25, 0.3) is 0 Å². The summed E-state index contributed by atoms with van der Waals surface area (Å²) in [5.74, 6) is 2.81. The van der Waals surface area contributed by atoms with Crippen LogP contribution in [0.5, 0.6) is 0 Å². The molecule has 0 atom stereocenters. The molecule has 2 aromatic rings. The van der Waals surface area contributed by atoms with Crippen LogP contribution in [0.15, 0.2) is 60.2 Å². The summed E-state index contributed by atoms with van der Waals surface area (Å²) < 4.78 is 0. The molecule has 4 nitrogen and oxygen atoms in total. The summed E-state index contributed by atoms with van der Waals surface area (Å²) in [6, 6.07) is 17.9. The minimum atomic E-state index is 1.12. The Hall–Kier alpha value is -2.62. The lowest BCUT2D eigenvalue weighted by Gasteiger charge is -2.37. The second-order valence-electron chi connectivity index (χ2n) is 7.65. The summed E-state index contributed by atoms with van der Waals surface area (Å²) in [5.41, 5.74) is 5.54. The van der Waals surface area contributed by atoms with Crippen LogP contribution in [0.1, 0.15) is 25.7 Å². The first kappa shape index (κ1) is 14.5. The lowest BCUT2D eigenvalue weighted by molar-refractivity contribution is 0.630. The Balaban J connectivity index is 1.64. The Morgan fingerprint density at radius 3 is 0.962 bits per heavy atom. The number of nitrogens with zero attached hydrogens (tertiary/aromatic N) is 4. The number of para-hydroxylation sites is 4. The van der Waals surface area contributed by atoms with E-state index in [2.05, 4.69) is 68.1 Å². The van der Waals surface area contributed by atoms with Crippen molar-refractivity contribution in [1.29, 1.82) is 0 Å². The molecule has 0 aromatic heterocycles. The minimum absolute atomic E-state index is 1.12. The van der Waals surface area contributed by atoms with Gasteiger partial charge in [-0.15, -0.1) is 0 Å². The van der Waals surface area contributed by atoms with Crippen LogP contribution in [0, 0.1) is 0 Å². The van der Waals surface area contributed by atoms with Crippen LogP contribution < -0.4 is 19.6 Å². The van der Waals surface area contributed by atoms with Crippen LogP contribution in [0.3, 0.4) is 0 Å². The predicted molar refractivity (Wildman–Crippen MR) is 108 cm³/mol. The van der Waals surface area contributed by atoms with Crippen LogP contribution in [-0.2, 0) is 0 Å². The molecular weight excluding hydrogens is 320 g/mol. The van der Waals surface area contributed by atoms with Crippen molar-refractivity contribution in [2.24, 2.45) is 0 Å². The summed E-state index contributed by atoms with van der Waals surface area (Å²) in [7, 11) is 0. The van der Waals surface area contributed by atoms with Crippen molar-refractivity contribution in [1.82, 2.24) is 0 Å². The first-order valence-corrected chi connectivity index (χ1v) is 9.96. The maximum Gasteiger partial charge on any atom is 0.156 e. The first-order chi connectivity index (χ1) is 12.9. The Morgan fingerprint density at radius 2 is 0.692 bits per heavy atom. The van der Waals surface area contributed by atoms with E-state index in [0.29, 0.717) is 0 Å². The van der Waals surface area contributed by atoms with Gasteiger partial charge in [-0.1, -0.05) is 24.3 Å². The number of anilines is 4. The fourth-order valence-corrected chi connectivity index (χ4v) is 5.06. The quantitative estimate of drug-likeness (QED) is 0.704. The van der Waals surface area contributed by atoms with Crippen LogP contribution in [0.4, 0.5) is 22.7 Å². The molecular formula is C22H24N4. The van der Waals surface area contributed by atoms with Gasteiger partial charge in [-0.05, 0) is 49.9 Å². The third-order valence-corrected chi connectivity index (χ3v) is 6.18. The second-order valence-corrected chi connectivity index (χ2v) is 7.65. The largest absolute Gasteiger partial charge is 0.323 e. The molecule has 6 rings (SSSR count). The van der Waals surface area contributed by atoms with E-state index in [1.165, 1.54) is 60.1 Å². The molecule has 0 saturated carbocycles. The lowest BCUT2D eigenvalue weighted by atomic mass is 10.2. The number of hydrogen-bond acceptors (Lipinski definition) is 4. The van der Waals surface area contributed by atoms with E-state index in [1.807, 2.05) is 0 Å². The molecule has 26 heavy (non-hydrogen) atoms. The highest BCUT2D eigenvalue weighted by molar-refractivity contribution is 5.89. The molecule has 4 aliphatic heterocycles. The zero-order valence-electron chi connectivity index (χ0n) is 15.1. The van der Waals surface area contributed by atoms with Gasteiger partial charge in [-0.2, -0.15) is 0 Å². The number of benzene rings is 2. The molecule has 4 heterocycles. The molecule has 0 radical (unpaired) electrons. The van der Waals surface area contributed by atoms with Crippen molar-refractivity contribution < 1.29 is 0 Å². The molecule has 0 bridgehead atoms. The summed E-state index contributed by atoms with van der Waals surface area (Å²) in [6.45, 7) is 4.46. The standard InChI is InChI=1S/C22H24N4/c1-2-10-18-17(9-1)23-13-5-6-15-25-19-11-3-4-12-20(19)26-16-8-7-14-24(18)21(23)22(25)26/h1-4,9-12H,5-8,13-16H2. The maximum atomic E-state index is 2.58. The maximum absolute atomic E-state index is 2.58. The van der Waals surface area contributed by atoms with E-state index in [9.17, 15) is 0 Å². The van der Waals surface area contributed by atoms with Crippen molar-refractivity contribution in [2.45, 2.75) is 25.7 Å². The second kappa shape index (κ2) is 5.44. The smallest absolute Gasteiger partial charge is 0.156 e. The molecule has 4 heteroatoms. The number of fused-ring (bicyclic) bond motifs is 6. The summed E-state index contributed by atoms with van der Waals surface area (Å²) >= 11 is 0. The summed E-state index contributed by atoms with van der Waals surface area (Å²) in [4.78, 5) is 10.3. The van der Waals surface area contributed by atoms with E-state index >= 15 is 0 Å². The average Bonchev–Trinajstić information content (AvgIpc) is 3.09. The SMILES string of the molecule is c1ccc2c(c1)N1CCCCN3C4=C1N2CCCCN4c1ccccc13. The molecule has 0 fully saturated rings. The summed E-state index contributed by atoms with van der Waals surface area (Å²) in [5, 5.41) is 0. The van der Waals surface area contributed by atoms with Crippen molar-refractivity contribution >= 4 is 22.7 Å². The van der Waals surface area contributed by atoms with E-state index < -0.39 is 0 Å². The average molecular weight is 344 g/mol. The topological polar surface area (TPSA) is 13.0 Å². The number of hydrogen-bond donors (Lipinski definition) is 0. The van der Waals surface area contributed by atoms with Crippen LogP contribution >= 0.6 is 0 Å². The molecule has 0 unspecified atom stereocenters. The van der Waals surface area contributed by atoms with Gasteiger partial charge >= 0.3 is 0 Å². The monoisotopic (exact) mass is 344 g/mol. The lowest BCUT2D eigenvalue weighted by Crippen LogP contribution is -2.43. The fourth-order valence-electron chi connectivity index (χ4n) is 5.06. The van der Waals surface area contributed by atoms with E-state index in [0.717, 1.165) is 26.2 Å². The van der Waals surface area contributed by atoms with E-state index in [-0.39, 0.29) is 0 Å². The van der Waals surface area contributed by atoms with Gasteiger partial charge < -0.3 is 19.6 Å². The van der Waals surface area contributed by atoms with Gasteiger partial charge in [0.05, 0.1) is 22.7 Å². The Bertz CT molecular complexity index is 759. The van der Waals surface area contributed by atoms with Crippen molar-refractivity contribution in [3.05, 3.63) is 60.2 Å². The van der Waals surface area contributed by atoms with Gasteiger partial charge in [0.1, 0.15) is 0 Å². The molecule has 0 saturated heterocycles. The molecule has 132 valence electrons.